The number of anilines is 1. The Morgan fingerprint density at radius 2 is 1.77 bits per heavy atom. The molecular formula is C22H20N4O2S2. The number of aromatic nitrogens is 2. The highest BCUT2D eigenvalue weighted by Crippen LogP contribution is 2.32. The predicted molar refractivity (Wildman–Crippen MR) is 123 cm³/mol. The summed E-state index contributed by atoms with van der Waals surface area (Å²) >= 11 is 2.48. The van der Waals surface area contributed by atoms with Crippen LogP contribution in [0.15, 0.2) is 65.6 Å². The van der Waals surface area contributed by atoms with Gasteiger partial charge in [-0.2, -0.15) is 5.10 Å². The normalized spacial score (nSPS) is 10.9. The van der Waals surface area contributed by atoms with E-state index in [1.165, 1.54) is 16.2 Å². The van der Waals surface area contributed by atoms with Crippen molar-refractivity contribution in [3.8, 4) is 5.69 Å². The van der Waals surface area contributed by atoms with Gasteiger partial charge in [-0.05, 0) is 49.0 Å². The van der Waals surface area contributed by atoms with Crippen molar-refractivity contribution in [3.63, 3.8) is 0 Å². The first-order chi connectivity index (χ1) is 14.4. The van der Waals surface area contributed by atoms with E-state index in [0.29, 0.717) is 15.5 Å². The van der Waals surface area contributed by atoms with Crippen molar-refractivity contribution in [2.45, 2.75) is 11.8 Å². The van der Waals surface area contributed by atoms with Crippen LogP contribution in [0.4, 0.5) is 10.5 Å². The Balaban J connectivity index is 1.63. The molecule has 2 aromatic carbocycles. The molecule has 0 atom stereocenters. The van der Waals surface area contributed by atoms with Gasteiger partial charge in [0.1, 0.15) is 4.83 Å². The second-order valence-corrected chi connectivity index (χ2v) is 8.90. The van der Waals surface area contributed by atoms with Gasteiger partial charge in [-0.1, -0.05) is 30.3 Å². The highest BCUT2D eigenvalue weighted by Gasteiger charge is 2.19. The molecule has 2 aromatic heterocycles. The predicted octanol–water partition coefficient (Wildman–Crippen LogP) is 5.42. The first-order valence-corrected chi connectivity index (χ1v) is 10.9. The maximum absolute atomic E-state index is 13.0. The van der Waals surface area contributed by atoms with Crippen molar-refractivity contribution in [3.05, 3.63) is 71.2 Å². The molecule has 0 spiro atoms. The molecule has 0 saturated carbocycles. The molecule has 0 saturated heterocycles. The van der Waals surface area contributed by atoms with Crippen LogP contribution in [0, 0.1) is 6.92 Å². The van der Waals surface area contributed by atoms with Crippen LogP contribution in [0.2, 0.25) is 0 Å². The Labute approximate surface area is 182 Å². The lowest BCUT2D eigenvalue weighted by atomic mass is 10.3. The van der Waals surface area contributed by atoms with Crippen molar-refractivity contribution < 1.29 is 9.59 Å². The van der Waals surface area contributed by atoms with Crippen LogP contribution in [0.3, 0.4) is 0 Å². The van der Waals surface area contributed by atoms with Gasteiger partial charge in [-0.25, -0.2) is 4.68 Å². The van der Waals surface area contributed by atoms with Gasteiger partial charge in [-0.3, -0.25) is 9.59 Å². The van der Waals surface area contributed by atoms with Gasteiger partial charge >= 0.3 is 0 Å². The lowest BCUT2D eigenvalue weighted by Crippen LogP contribution is -2.17. The summed E-state index contributed by atoms with van der Waals surface area (Å²) in [6.45, 7) is 1.94. The Kier molecular flexibility index (Phi) is 5.61. The molecule has 0 fully saturated rings. The molecule has 0 aliphatic rings. The molecule has 152 valence electrons. The third-order valence-electron chi connectivity index (χ3n) is 4.47. The summed E-state index contributed by atoms with van der Waals surface area (Å²) in [5, 5.41) is 8.43. The van der Waals surface area contributed by atoms with Gasteiger partial charge in [-0.15, -0.1) is 11.3 Å². The van der Waals surface area contributed by atoms with Gasteiger partial charge < -0.3 is 10.2 Å². The zero-order chi connectivity index (χ0) is 21.3. The number of thioether (sulfide) groups is 1. The van der Waals surface area contributed by atoms with Gasteiger partial charge in [0.15, 0.2) is 0 Å². The van der Waals surface area contributed by atoms with Crippen LogP contribution < -0.4 is 5.32 Å². The number of hydrogen-bond donors (Lipinski definition) is 1. The van der Waals surface area contributed by atoms with E-state index < -0.39 is 0 Å². The van der Waals surface area contributed by atoms with Crippen molar-refractivity contribution >= 4 is 50.1 Å². The second-order valence-electron chi connectivity index (χ2n) is 6.87. The Morgan fingerprint density at radius 3 is 2.50 bits per heavy atom. The van der Waals surface area contributed by atoms with Gasteiger partial charge in [0.2, 0.25) is 0 Å². The number of fused-ring (bicyclic) bond motifs is 1. The van der Waals surface area contributed by atoms with Crippen molar-refractivity contribution in [2.24, 2.45) is 0 Å². The van der Waals surface area contributed by atoms with E-state index in [2.05, 4.69) is 10.4 Å². The van der Waals surface area contributed by atoms with Crippen LogP contribution in [0.25, 0.3) is 15.9 Å². The SMILES string of the molecule is Cc1nn(-c2ccccc2)c2sc(C(=O)Nc3ccccc3SC(=O)N(C)C)cc12. The molecule has 4 aromatic rings. The molecule has 30 heavy (non-hydrogen) atoms. The van der Waals surface area contributed by atoms with Crippen LogP contribution in [-0.4, -0.2) is 39.9 Å². The fourth-order valence-electron chi connectivity index (χ4n) is 2.93. The summed E-state index contributed by atoms with van der Waals surface area (Å²) in [6, 6.07) is 19.0. The third-order valence-corrected chi connectivity index (χ3v) is 6.69. The fraction of sp³-hybridized carbons (Fsp3) is 0.136. The van der Waals surface area contributed by atoms with E-state index in [-0.39, 0.29) is 11.1 Å². The highest BCUT2D eigenvalue weighted by atomic mass is 32.2. The number of rotatable bonds is 4. The molecule has 2 amide bonds. The van der Waals surface area contributed by atoms with E-state index in [9.17, 15) is 9.59 Å². The molecule has 6 nitrogen and oxygen atoms in total. The smallest absolute Gasteiger partial charge is 0.286 e. The average Bonchev–Trinajstić information content (AvgIpc) is 3.31. The van der Waals surface area contributed by atoms with Crippen LogP contribution in [0.5, 0.6) is 0 Å². The van der Waals surface area contributed by atoms with E-state index in [0.717, 1.165) is 33.4 Å². The van der Waals surface area contributed by atoms with Crippen molar-refractivity contribution in [1.82, 2.24) is 14.7 Å². The second kappa shape index (κ2) is 8.33. The summed E-state index contributed by atoms with van der Waals surface area (Å²) in [5.41, 5.74) is 2.44. The minimum atomic E-state index is -0.208. The van der Waals surface area contributed by atoms with Crippen LogP contribution in [0.1, 0.15) is 15.4 Å². The number of nitrogens with zero attached hydrogens (tertiary/aromatic N) is 3. The van der Waals surface area contributed by atoms with E-state index in [1.807, 2.05) is 66.2 Å². The molecule has 1 N–H and O–H groups in total. The number of carbonyl (C=O) groups excluding carboxylic acids is 2. The van der Waals surface area contributed by atoms with E-state index >= 15 is 0 Å². The molecule has 0 radical (unpaired) electrons. The molecule has 4 rings (SSSR count). The van der Waals surface area contributed by atoms with Crippen LogP contribution >= 0.6 is 23.1 Å². The molecule has 0 aliphatic heterocycles. The van der Waals surface area contributed by atoms with Gasteiger partial charge in [0.05, 0.1) is 21.9 Å². The fourth-order valence-corrected chi connectivity index (χ4v) is 4.76. The van der Waals surface area contributed by atoms with Gasteiger partial charge in [0.25, 0.3) is 11.1 Å². The number of benzene rings is 2. The standard InChI is InChI=1S/C22H20N4O2S2/c1-14-16-13-19(29-21(16)26(24-14)15-9-5-4-6-10-15)20(27)23-17-11-7-8-12-18(17)30-22(28)25(2)3/h4-13H,1-3H3,(H,23,27). The number of hydrogen-bond acceptors (Lipinski definition) is 5. The number of aryl methyl sites for hydroxylation is 1. The monoisotopic (exact) mass is 436 g/mol. The topological polar surface area (TPSA) is 67.2 Å². The number of amides is 2. The average molecular weight is 437 g/mol. The highest BCUT2D eigenvalue weighted by molar-refractivity contribution is 8.13. The number of thiophene rings is 1. The molecule has 0 bridgehead atoms. The molecule has 2 heterocycles. The quantitative estimate of drug-likeness (QED) is 0.434. The number of para-hydroxylation sites is 2. The lowest BCUT2D eigenvalue weighted by molar-refractivity contribution is 0.103. The lowest BCUT2D eigenvalue weighted by Gasteiger charge is -2.12. The van der Waals surface area contributed by atoms with E-state index in [4.69, 9.17) is 0 Å². The maximum atomic E-state index is 13.0. The minimum Gasteiger partial charge on any atom is -0.339 e. The number of nitrogens with one attached hydrogen (secondary N) is 1. The summed E-state index contributed by atoms with van der Waals surface area (Å²) < 4.78 is 1.87. The summed E-state index contributed by atoms with van der Waals surface area (Å²) in [4.78, 5) is 28.8. The first kappa shape index (κ1) is 20.2. The summed E-state index contributed by atoms with van der Waals surface area (Å²) in [6.07, 6.45) is 0. The minimum absolute atomic E-state index is 0.0999. The van der Waals surface area contributed by atoms with Crippen molar-refractivity contribution in [1.29, 1.82) is 0 Å². The Bertz CT molecular complexity index is 1230. The molecule has 0 aliphatic carbocycles. The maximum Gasteiger partial charge on any atom is 0.286 e. The Morgan fingerprint density at radius 1 is 1.07 bits per heavy atom. The molecule has 8 heteroatoms. The molecular weight excluding hydrogens is 416 g/mol. The first-order valence-electron chi connectivity index (χ1n) is 9.28. The Hall–Kier alpha value is -3.10. The summed E-state index contributed by atoms with van der Waals surface area (Å²) in [5.74, 6) is -0.208. The van der Waals surface area contributed by atoms with Crippen LogP contribution in [-0.2, 0) is 0 Å². The number of carbonyl (C=O) groups is 2. The third kappa shape index (κ3) is 3.96. The summed E-state index contributed by atoms with van der Waals surface area (Å²) in [7, 11) is 3.40. The zero-order valence-corrected chi connectivity index (χ0v) is 18.4. The zero-order valence-electron chi connectivity index (χ0n) is 16.7. The van der Waals surface area contributed by atoms with E-state index in [1.54, 1.807) is 20.2 Å². The molecule has 0 unspecified atom stereocenters. The van der Waals surface area contributed by atoms with Gasteiger partial charge in [0, 0.05) is 24.4 Å². The van der Waals surface area contributed by atoms with Crippen molar-refractivity contribution in [2.75, 3.05) is 19.4 Å². The largest absolute Gasteiger partial charge is 0.339 e.